The minimum absolute atomic E-state index is 0.193. The number of carbonyl (C=O) groups excluding carboxylic acids is 1. The van der Waals surface area contributed by atoms with Gasteiger partial charge in [0, 0.05) is 18.5 Å². The molecule has 3 heteroatoms. The molecule has 1 amide bonds. The van der Waals surface area contributed by atoms with Gasteiger partial charge in [0.25, 0.3) is 0 Å². The van der Waals surface area contributed by atoms with E-state index >= 15 is 0 Å². The van der Waals surface area contributed by atoms with Crippen LogP contribution in [0.15, 0.2) is 0 Å². The number of nitrogens with two attached hydrogens (primary N) is 1. The third-order valence-electron chi connectivity index (χ3n) is 4.13. The van der Waals surface area contributed by atoms with E-state index in [-0.39, 0.29) is 17.9 Å². The minimum atomic E-state index is 0.193. The van der Waals surface area contributed by atoms with Crippen LogP contribution in [0.1, 0.15) is 51.4 Å². The minimum Gasteiger partial charge on any atom is -0.356 e. The van der Waals surface area contributed by atoms with Crippen molar-refractivity contribution >= 4 is 5.91 Å². The van der Waals surface area contributed by atoms with Gasteiger partial charge in [0.1, 0.15) is 0 Å². The molecular weight excluding hydrogens is 200 g/mol. The Morgan fingerprint density at radius 3 is 2.50 bits per heavy atom. The van der Waals surface area contributed by atoms with Crippen LogP contribution in [0.3, 0.4) is 0 Å². The average molecular weight is 224 g/mol. The van der Waals surface area contributed by atoms with Crippen LogP contribution in [-0.2, 0) is 4.79 Å². The predicted octanol–water partition coefficient (Wildman–Crippen LogP) is 1.81. The Hall–Kier alpha value is -0.570. The Labute approximate surface area is 98.2 Å². The SMILES string of the molecule is NC1CCC(C(=O)NCC2CCCCC2)C1. The van der Waals surface area contributed by atoms with E-state index < -0.39 is 0 Å². The molecule has 0 aromatic rings. The third kappa shape index (κ3) is 3.21. The van der Waals surface area contributed by atoms with Gasteiger partial charge >= 0.3 is 0 Å². The van der Waals surface area contributed by atoms with E-state index in [9.17, 15) is 4.79 Å². The molecule has 0 aliphatic heterocycles. The first kappa shape index (κ1) is 11.9. The lowest BCUT2D eigenvalue weighted by Crippen LogP contribution is -2.34. The van der Waals surface area contributed by atoms with Gasteiger partial charge in [-0.15, -0.1) is 0 Å². The van der Waals surface area contributed by atoms with Crippen molar-refractivity contribution in [3.8, 4) is 0 Å². The van der Waals surface area contributed by atoms with Crippen LogP contribution < -0.4 is 11.1 Å². The molecule has 0 aromatic heterocycles. The Kier molecular flexibility index (Phi) is 4.22. The van der Waals surface area contributed by atoms with Crippen LogP contribution in [0.25, 0.3) is 0 Å². The maximum atomic E-state index is 11.9. The summed E-state index contributed by atoms with van der Waals surface area (Å²) in [5.41, 5.74) is 5.82. The summed E-state index contributed by atoms with van der Waals surface area (Å²) in [7, 11) is 0. The zero-order valence-electron chi connectivity index (χ0n) is 10.1. The predicted molar refractivity (Wildman–Crippen MR) is 64.9 cm³/mol. The van der Waals surface area contributed by atoms with Gasteiger partial charge in [-0.1, -0.05) is 19.3 Å². The lowest BCUT2D eigenvalue weighted by Gasteiger charge is -2.22. The molecule has 2 saturated carbocycles. The quantitative estimate of drug-likeness (QED) is 0.768. The third-order valence-corrected chi connectivity index (χ3v) is 4.13. The highest BCUT2D eigenvalue weighted by Gasteiger charge is 2.27. The van der Waals surface area contributed by atoms with Crippen molar-refractivity contribution in [1.29, 1.82) is 0 Å². The second-order valence-electron chi connectivity index (χ2n) is 5.52. The second-order valence-corrected chi connectivity index (χ2v) is 5.52. The summed E-state index contributed by atoms with van der Waals surface area (Å²) in [4.78, 5) is 11.9. The van der Waals surface area contributed by atoms with Crippen molar-refractivity contribution in [3.05, 3.63) is 0 Å². The van der Waals surface area contributed by atoms with Crippen LogP contribution in [0.2, 0.25) is 0 Å². The zero-order chi connectivity index (χ0) is 11.4. The van der Waals surface area contributed by atoms with Gasteiger partial charge in [-0.3, -0.25) is 4.79 Å². The number of nitrogens with one attached hydrogen (secondary N) is 1. The fourth-order valence-electron chi connectivity index (χ4n) is 3.04. The molecule has 0 saturated heterocycles. The lowest BCUT2D eigenvalue weighted by atomic mass is 9.89. The monoisotopic (exact) mass is 224 g/mol. The summed E-state index contributed by atoms with van der Waals surface area (Å²) in [6.45, 7) is 0.893. The smallest absolute Gasteiger partial charge is 0.223 e. The molecule has 2 aliphatic carbocycles. The van der Waals surface area contributed by atoms with Crippen LogP contribution in [0.5, 0.6) is 0 Å². The summed E-state index contributed by atoms with van der Waals surface area (Å²) < 4.78 is 0. The molecule has 2 fully saturated rings. The van der Waals surface area contributed by atoms with Crippen LogP contribution in [0, 0.1) is 11.8 Å². The molecule has 0 radical (unpaired) electrons. The Morgan fingerprint density at radius 1 is 1.12 bits per heavy atom. The molecule has 0 spiro atoms. The average Bonchev–Trinajstić information content (AvgIpc) is 2.74. The molecule has 2 aliphatic rings. The van der Waals surface area contributed by atoms with E-state index in [1.165, 1.54) is 32.1 Å². The van der Waals surface area contributed by atoms with Crippen molar-refractivity contribution in [2.24, 2.45) is 17.6 Å². The highest BCUT2D eigenvalue weighted by Crippen LogP contribution is 2.25. The van der Waals surface area contributed by atoms with Crippen molar-refractivity contribution in [2.75, 3.05) is 6.54 Å². The van der Waals surface area contributed by atoms with Crippen molar-refractivity contribution in [3.63, 3.8) is 0 Å². The number of carbonyl (C=O) groups is 1. The maximum Gasteiger partial charge on any atom is 0.223 e. The normalized spacial score (nSPS) is 31.6. The highest BCUT2D eigenvalue weighted by molar-refractivity contribution is 5.78. The molecule has 2 atom stereocenters. The molecule has 2 rings (SSSR count). The topological polar surface area (TPSA) is 55.1 Å². The molecule has 3 nitrogen and oxygen atoms in total. The summed E-state index contributed by atoms with van der Waals surface area (Å²) in [6, 6.07) is 0.255. The van der Waals surface area contributed by atoms with E-state index in [1.54, 1.807) is 0 Å². The number of amides is 1. The highest BCUT2D eigenvalue weighted by atomic mass is 16.1. The van der Waals surface area contributed by atoms with E-state index in [0.717, 1.165) is 31.7 Å². The van der Waals surface area contributed by atoms with Crippen LogP contribution in [0.4, 0.5) is 0 Å². The van der Waals surface area contributed by atoms with Gasteiger partial charge in [-0.05, 0) is 38.0 Å². The van der Waals surface area contributed by atoms with Gasteiger partial charge in [0.2, 0.25) is 5.91 Å². The molecule has 16 heavy (non-hydrogen) atoms. The first-order valence-electron chi connectivity index (χ1n) is 6.79. The van der Waals surface area contributed by atoms with E-state index in [2.05, 4.69) is 5.32 Å². The Bertz CT molecular complexity index is 236. The first-order chi connectivity index (χ1) is 7.75. The van der Waals surface area contributed by atoms with Gasteiger partial charge in [-0.2, -0.15) is 0 Å². The largest absolute Gasteiger partial charge is 0.356 e. The molecular formula is C13H24N2O. The van der Waals surface area contributed by atoms with Crippen molar-refractivity contribution in [1.82, 2.24) is 5.32 Å². The standard InChI is InChI=1S/C13H24N2O/c14-12-7-6-11(8-12)13(16)15-9-10-4-2-1-3-5-10/h10-12H,1-9,14H2,(H,15,16). The summed E-state index contributed by atoms with van der Waals surface area (Å²) >= 11 is 0. The van der Waals surface area contributed by atoms with E-state index in [0.29, 0.717) is 0 Å². The number of hydrogen-bond donors (Lipinski definition) is 2. The van der Waals surface area contributed by atoms with E-state index in [4.69, 9.17) is 5.73 Å². The van der Waals surface area contributed by atoms with Crippen molar-refractivity contribution < 1.29 is 4.79 Å². The molecule has 0 bridgehead atoms. The zero-order valence-corrected chi connectivity index (χ0v) is 10.1. The summed E-state index contributed by atoms with van der Waals surface area (Å²) in [5.74, 6) is 1.17. The molecule has 3 N–H and O–H groups in total. The molecule has 92 valence electrons. The Balaban J connectivity index is 1.67. The fraction of sp³-hybridized carbons (Fsp3) is 0.923. The van der Waals surface area contributed by atoms with Gasteiger partial charge < -0.3 is 11.1 Å². The second kappa shape index (κ2) is 5.67. The van der Waals surface area contributed by atoms with E-state index in [1.807, 2.05) is 0 Å². The molecule has 0 heterocycles. The van der Waals surface area contributed by atoms with Crippen molar-refractivity contribution in [2.45, 2.75) is 57.4 Å². The van der Waals surface area contributed by atoms with Gasteiger partial charge in [-0.25, -0.2) is 0 Å². The molecule has 0 aromatic carbocycles. The Morgan fingerprint density at radius 2 is 1.88 bits per heavy atom. The van der Waals surface area contributed by atoms with Crippen LogP contribution in [-0.4, -0.2) is 18.5 Å². The van der Waals surface area contributed by atoms with Crippen LogP contribution >= 0.6 is 0 Å². The number of hydrogen-bond acceptors (Lipinski definition) is 2. The lowest BCUT2D eigenvalue weighted by molar-refractivity contribution is -0.125. The molecule has 2 unspecified atom stereocenters. The number of rotatable bonds is 3. The van der Waals surface area contributed by atoms with Gasteiger partial charge in [0.15, 0.2) is 0 Å². The first-order valence-corrected chi connectivity index (χ1v) is 6.79. The summed E-state index contributed by atoms with van der Waals surface area (Å²) in [6.07, 6.45) is 9.54. The fourth-order valence-corrected chi connectivity index (χ4v) is 3.04. The maximum absolute atomic E-state index is 11.9. The summed E-state index contributed by atoms with van der Waals surface area (Å²) in [5, 5.41) is 3.12. The van der Waals surface area contributed by atoms with Gasteiger partial charge in [0.05, 0.1) is 0 Å².